The van der Waals surface area contributed by atoms with Gasteiger partial charge in [-0.2, -0.15) is 0 Å². The molecular weight excluding hydrogens is 352 g/mol. The zero-order chi connectivity index (χ0) is 19.5. The maximum absolute atomic E-state index is 11.7. The minimum absolute atomic E-state index is 0.250. The predicted octanol–water partition coefficient (Wildman–Crippen LogP) is 1.23. The molecular formula is C19H30N2O6. The summed E-state index contributed by atoms with van der Waals surface area (Å²) in [5.74, 6) is 1.46. The van der Waals surface area contributed by atoms with Crippen molar-refractivity contribution in [1.82, 2.24) is 9.80 Å². The number of β-amino-alcohol motifs (C(OH)–C–C–N with tert-alkyl or cyclic N) is 1. The van der Waals surface area contributed by atoms with E-state index in [-0.39, 0.29) is 12.7 Å². The van der Waals surface area contributed by atoms with Gasteiger partial charge >= 0.3 is 6.09 Å². The number of methoxy groups -OCH3 is 1. The first-order chi connectivity index (χ1) is 13.1. The summed E-state index contributed by atoms with van der Waals surface area (Å²) in [6.07, 6.45) is -0.840. The third kappa shape index (κ3) is 7.62. The van der Waals surface area contributed by atoms with Crippen molar-refractivity contribution in [3.05, 3.63) is 24.3 Å². The number of piperazine rings is 1. The van der Waals surface area contributed by atoms with Crippen molar-refractivity contribution in [3.63, 3.8) is 0 Å². The second-order valence-electron chi connectivity index (χ2n) is 6.24. The Morgan fingerprint density at radius 2 is 1.93 bits per heavy atom. The van der Waals surface area contributed by atoms with Crippen LogP contribution < -0.4 is 9.47 Å². The van der Waals surface area contributed by atoms with Crippen LogP contribution in [0.4, 0.5) is 4.79 Å². The molecule has 1 aromatic rings. The Morgan fingerprint density at radius 1 is 1.19 bits per heavy atom. The van der Waals surface area contributed by atoms with Crippen LogP contribution in [-0.4, -0.2) is 93.4 Å². The number of ether oxygens (including phenoxy) is 4. The highest BCUT2D eigenvalue weighted by atomic mass is 16.6. The lowest BCUT2D eigenvalue weighted by Gasteiger charge is -2.34. The minimum atomic E-state index is -0.573. The van der Waals surface area contributed by atoms with Crippen molar-refractivity contribution in [2.75, 3.05) is 66.3 Å². The Labute approximate surface area is 160 Å². The molecule has 1 atom stereocenters. The molecule has 1 aromatic carbocycles. The number of aliphatic hydroxyl groups is 1. The molecule has 0 radical (unpaired) electrons. The Morgan fingerprint density at radius 3 is 2.63 bits per heavy atom. The number of rotatable bonds is 10. The maximum Gasteiger partial charge on any atom is 0.409 e. The van der Waals surface area contributed by atoms with Gasteiger partial charge in [0.05, 0.1) is 33.0 Å². The number of hydrogen-bond donors (Lipinski definition) is 1. The Kier molecular flexibility index (Phi) is 9.17. The number of amides is 1. The fourth-order valence-electron chi connectivity index (χ4n) is 2.81. The van der Waals surface area contributed by atoms with Crippen molar-refractivity contribution in [2.24, 2.45) is 0 Å². The molecule has 1 N–H and O–H groups in total. The van der Waals surface area contributed by atoms with Gasteiger partial charge in [-0.25, -0.2) is 4.79 Å². The van der Waals surface area contributed by atoms with Gasteiger partial charge in [0.2, 0.25) is 0 Å². The van der Waals surface area contributed by atoms with Gasteiger partial charge in [-0.1, -0.05) is 6.07 Å². The van der Waals surface area contributed by atoms with E-state index in [0.29, 0.717) is 39.5 Å². The second-order valence-corrected chi connectivity index (χ2v) is 6.24. The molecule has 1 aliphatic rings. The lowest BCUT2D eigenvalue weighted by molar-refractivity contribution is -0.000101. The molecule has 0 unspecified atom stereocenters. The lowest BCUT2D eigenvalue weighted by Crippen LogP contribution is -2.51. The number of nitrogens with zero attached hydrogens (tertiary/aromatic N) is 2. The molecule has 1 amide bonds. The first-order valence-corrected chi connectivity index (χ1v) is 9.29. The Balaban J connectivity index is 1.55. The van der Waals surface area contributed by atoms with E-state index in [1.54, 1.807) is 18.9 Å². The van der Waals surface area contributed by atoms with Gasteiger partial charge < -0.3 is 29.0 Å². The summed E-state index contributed by atoms with van der Waals surface area (Å²) >= 11 is 0. The van der Waals surface area contributed by atoms with Crippen molar-refractivity contribution in [3.8, 4) is 11.5 Å². The van der Waals surface area contributed by atoms with Crippen LogP contribution in [0.1, 0.15) is 6.92 Å². The SMILES string of the molecule is CCOC(=O)N1CCN(C[C@@H](O)COCCOc2cccc(OC)c2)CC1. The van der Waals surface area contributed by atoms with Crippen LogP contribution >= 0.6 is 0 Å². The van der Waals surface area contributed by atoms with Crippen LogP contribution in [0.2, 0.25) is 0 Å². The number of carbonyl (C=O) groups excluding carboxylic acids is 1. The van der Waals surface area contributed by atoms with Crippen LogP contribution in [0.15, 0.2) is 24.3 Å². The fraction of sp³-hybridized carbons (Fsp3) is 0.632. The van der Waals surface area contributed by atoms with E-state index >= 15 is 0 Å². The molecule has 0 bridgehead atoms. The van der Waals surface area contributed by atoms with E-state index in [2.05, 4.69) is 4.90 Å². The van der Waals surface area contributed by atoms with Gasteiger partial charge in [0, 0.05) is 38.8 Å². The highest BCUT2D eigenvalue weighted by molar-refractivity contribution is 5.67. The number of aliphatic hydroxyl groups excluding tert-OH is 1. The summed E-state index contributed by atoms with van der Waals surface area (Å²) in [7, 11) is 1.61. The van der Waals surface area contributed by atoms with E-state index in [4.69, 9.17) is 18.9 Å². The monoisotopic (exact) mass is 382 g/mol. The van der Waals surface area contributed by atoms with E-state index in [0.717, 1.165) is 24.6 Å². The minimum Gasteiger partial charge on any atom is -0.497 e. The Bertz CT molecular complexity index is 563. The third-order valence-electron chi connectivity index (χ3n) is 4.22. The van der Waals surface area contributed by atoms with E-state index in [9.17, 15) is 9.90 Å². The predicted molar refractivity (Wildman–Crippen MR) is 100 cm³/mol. The molecule has 152 valence electrons. The third-order valence-corrected chi connectivity index (χ3v) is 4.22. The summed E-state index contributed by atoms with van der Waals surface area (Å²) in [4.78, 5) is 15.5. The van der Waals surface area contributed by atoms with Crippen LogP contribution in [0.25, 0.3) is 0 Å². The van der Waals surface area contributed by atoms with E-state index in [1.807, 2.05) is 24.3 Å². The average molecular weight is 382 g/mol. The molecule has 1 fully saturated rings. The number of hydrogen-bond acceptors (Lipinski definition) is 7. The first-order valence-electron chi connectivity index (χ1n) is 9.29. The van der Waals surface area contributed by atoms with Gasteiger partial charge in [0.25, 0.3) is 0 Å². The Hall–Kier alpha value is -2.03. The summed E-state index contributed by atoms with van der Waals surface area (Å²) in [5, 5.41) is 10.1. The average Bonchev–Trinajstić information content (AvgIpc) is 2.68. The highest BCUT2D eigenvalue weighted by Crippen LogP contribution is 2.18. The molecule has 1 aliphatic heterocycles. The van der Waals surface area contributed by atoms with Gasteiger partial charge in [0.15, 0.2) is 0 Å². The van der Waals surface area contributed by atoms with Gasteiger partial charge in [-0.3, -0.25) is 4.90 Å². The van der Waals surface area contributed by atoms with Crippen LogP contribution in [0.5, 0.6) is 11.5 Å². The summed E-state index contributed by atoms with van der Waals surface area (Å²) in [6, 6.07) is 7.38. The van der Waals surface area contributed by atoms with E-state index < -0.39 is 6.10 Å². The van der Waals surface area contributed by atoms with Crippen molar-refractivity contribution in [2.45, 2.75) is 13.0 Å². The van der Waals surface area contributed by atoms with Crippen molar-refractivity contribution < 1.29 is 28.8 Å². The molecule has 2 rings (SSSR count). The van der Waals surface area contributed by atoms with Gasteiger partial charge in [-0.15, -0.1) is 0 Å². The molecule has 0 aromatic heterocycles. The molecule has 0 aliphatic carbocycles. The standard InChI is InChI=1S/C19H30N2O6/c1-3-26-19(23)21-9-7-20(8-10-21)14-16(22)15-25-11-12-27-18-6-4-5-17(13-18)24-2/h4-6,13,16,22H,3,7-12,14-15H2,1-2H3/t16-/m1/s1. The zero-order valence-electron chi connectivity index (χ0n) is 16.1. The van der Waals surface area contributed by atoms with Gasteiger partial charge in [-0.05, 0) is 19.1 Å². The number of carbonyl (C=O) groups is 1. The summed E-state index contributed by atoms with van der Waals surface area (Å²) in [6.45, 7) is 6.41. The quantitative estimate of drug-likeness (QED) is 0.610. The molecule has 1 saturated heterocycles. The lowest BCUT2D eigenvalue weighted by atomic mass is 10.3. The molecule has 0 saturated carbocycles. The van der Waals surface area contributed by atoms with Crippen LogP contribution in [-0.2, 0) is 9.47 Å². The van der Waals surface area contributed by atoms with Gasteiger partial charge in [0.1, 0.15) is 18.1 Å². The molecule has 0 spiro atoms. The van der Waals surface area contributed by atoms with Crippen LogP contribution in [0, 0.1) is 0 Å². The number of benzene rings is 1. The smallest absolute Gasteiger partial charge is 0.409 e. The maximum atomic E-state index is 11.7. The molecule has 8 heteroatoms. The van der Waals surface area contributed by atoms with Crippen LogP contribution in [0.3, 0.4) is 0 Å². The molecule has 8 nitrogen and oxygen atoms in total. The second kappa shape index (κ2) is 11.6. The first kappa shape index (κ1) is 21.3. The highest BCUT2D eigenvalue weighted by Gasteiger charge is 2.23. The zero-order valence-corrected chi connectivity index (χ0v) is 16.1. The van der Waals surface area contributed by atoms with E-state index in [1.165, 1.54) is 0 Å². The largest absolute Gasteiger partial charge is 0.497 e. The summed E-state index contributed by atoms with van der Waals surface area (Å²) in [5.41, 5.74) is 0. The molecule has 1 heterocycles. The van der Waals surface area contributed by atoms with Crippen molar-refractivity contribution >= 4 is 6.09 Å². The topological polar surface area (TPSA) is 80.7 Å². The fourth-order valence-corrected chi connectivity index (χ4v) is 2.81. The summed E-state index contributed by atoms with van der Waals surface area (Å²) < 4.78 is 21.2. The molecule has 27 heavy (non-hydrogen) atoms. The normalized spacial score (nSPS) is 16.0. The van der Waals surface area contributed by atoms with Crippen molar-refractivity contribution in [1.29, 1.82) is 0 Å².